The van der Waals surface area contributed by atoms with Gasteiger partial charge in [0.25, 0.3) is 6.01 Å². The van der Waals surface area contributed by atoms with E-state index in [9.17, 15) is 4.79 Å². The first kappa shape index (κ1) is 16.8. The molecule has 0 atom stereocenters. The van der Waals surface area contributed by atoms with Crippen LogP contribution in [0.25, 0.3) is 22.2 Å². The predicted octanol–water partition coefficient (Wildman–Crippen LogP) is 4.13. The van der Waals surface area contributed by atoms with Crippen molar-refractivity contribution < 1.29 is 13.6 Å². The Bertz CT molecular complexity index is 1120. The van der Waals surface area contributed by atoms with Crippen molar-refractivity contribution in [2.75, 3.05) is 23.3 Å². The summed E-state index contributed by atoms with van der Waals surface area (Å²) in [7, 11) is 0. The molecule has 1 aliphatic heterocycles. The fraction of sp³-hybridized carbons (Fsp3) is 0.286. The predicted molar refractivity (Wildman–Crippen MR) is 106 cm³/mol. The van der Waals surface area contributed by atoms with Crippen molar-refractivity contribution >= 4 is 39.8 Å². The van der Waals surface area contributed by atoms with Gasteiger partial charge in [-0.05, 0) is 43.2 Å². The second-order valence-corrected chi connectivity index (χ2v) is 7.13. The molecule has 0 unspecified atom stereocenters. The van der Waals surface area contributed by atoms with Crippen LogP contribution in [0.1, 0.15) is 18.7 Å². The first-order chi connectivity index (χ1) is 13.7. The van der Waals surface area contributed by atoms with Gasteiger partial charge in [0.15, 0.2) is 17.1 Å². The van der Waals surface area contributed by atoms with E-state index >= 15 is 0 Å². The molecule has 1 aliphatic rings. The van der Waals surface area contributed by atoms with Crippen LogP contribution in [0.4, 0.5) is 11.7 Å². The number of para-hydroxylation sites is 2. The zero-order valence-corrected chi connectivity index (χ0v) is 15.5. The second kappa shape index (κ2) is 6.67. The number of nitrogens with one attached hydrogen (secondary N) is 1. The lowest BCUT2D eigenvalue weighted by molar-refractivity contribution is -0.120. The van der Waals surface area contributed by atoms with E-state index < -0.39 is 0 Å². The minimum absolute atomic E-state index is 0.0321. The van der Waals surface area contributed by atoms with Crippen molar-refractivity contribution in [3.05, 3.63) is 48.4 Å². The number of aromatic nitrogens is 2. The highest BCUT2D eigenvalue weighted by Crippen LogP contribution is 2.27. The highest BCUT2D eigenvalue weighted by Gasteiger charge is 2.27. The topological polar surface area (TPSA) is 84.4 Å². The van der Waals surface area contributed by atoms with E-state index in [0.29, 0.717) is 11.9 Å². The Kier molecular flexibility index (Phi) is 4.00. The molecule has 0 radical (unpaired) electrons. The second-order valence-electron chi connectivity index (χ2n) is 7.13. The first-order valence-electron chi connectivity index (χ1n) is 9.44. The average Bonchev–Trinajstić information content (AvgIpc) is 3.30. The Morgan fingerprint density at radius 1 is 1.04 bits per heavy atom. The molecule has 0 saturated carbocycles. The van der Waals surface area contributed by atoms with Crippen LogP contribution in [-0.4, -0.2) is 29.0 Å². The summed E-state index contributed by atoms with van der Waals surface area (Å²) in [5.41, 5.74) is 3.86. The molecule has 4 aromatic rings. The lowest BCUT2D eigenvalue weighted by Gasteiger charge is -2.30. The number of piperidine rings is 1. The quantitative estimate of drug-likeness (QED) is 0.579. The molecule has 1 fully saturated rings. The molecular weight excluding hydrogens is 356 g/mol. The van der Waals surface area contributed by atoms with E-state index in [0.717, 1.165) is 53.8 Å². The summed E-state index contributed by atoms with van der Waals surface area (Å²) in [6.45, 7) is 3.29. The molecule has 0 bridgehead atoms. The van der Waals surface area contributed by atoms with E-state index in [1.165, 1.54) is 0 Å². The first-order valence-corrected chi connectivity index (χ1v) is 9.44. The number of nitrogens with zero attached hydrogens (tertiary/aromatic N) is 3. The van der Waals surface area contributed by atoms with Gasteiger partial charge in [-0.15, -0.1) is 0 Å². The summed E-state index contributed by atoms with van der Waals surface area (Å²) in [4.78, 5) is 23.6. The highest BCUT2D eigenvalue weighted by molar-refractivity contribution is 5.94. The maximum absolute atomic E-state index is 12.7. The van der Waals surface area contributed by atoms with E-state index in [4.69, 9.17) is 8.83 Å². The van der Waals surface area contributed by atoms with Gasteiger partial charge in [0.1, 0.15) is 11.0 Å². The standard InChI is InChI=1S/C21H20N4O3/c1-13-22-17-12-15(6-7-19(17)27-13)23-20(26)14-8-10-25(11-9-14)21-24-16-4-2-3-5-18(16)28-21/h2-7,12,14H,8-11H2,1H3,(H,23,26). The Morgan fingerprint density at radius 3 is 2.64 bits per heavy atom. The number of aryl methyl sites for hydroxylation is 1. The number of carbonyl (C=O) groups excluding carboxylic acids is 1. The summed E-state index contributed by atoms with van der Waals surface area (Å²) < 4.78 is 11.3. The van der Waals surface area contributed by atoms with Gasteiger partial charge in [-0.3, -0.25) is 4.79 Å². The molecule has 1 saturated heterocycles. The molecular formula is C21H20N4O3. The summed E-state index contributed by atoms with van der Waals surface area (Å²) in [6.07, 6.45) is 1.52. The van der Waals surface area contributed by atoms with Crippen molar-refractivity contribution in [1.82, 2.24) is 9.97 Å². The number of rotatable bonds is 3. The van der Waals surface area contributed by atoms with Gasteiger partial charge in [-0.25, -0.2) is 4.98 Å². The monoisotopic (exact) mass is 376 g/mol. The van der Waals surface area contributed by atoms with Crippen LogP contribution in [0.2, 0.25) is 0 Å². The van der Waals surface area contributed by atoms with Crippen molar-refractivity contribution in [1.29, 1.82) is 0 Å². The van der Waals surface area contributed by atoms with E-state index in [2.05, 4.69) is 20.2 Å². The maximum atomic E-state index is 12.7. The molecule has 28 heavy (non-hydrogen) atoms. The third kappa shape index (κ3) is 3.09. The highest BCUT2D eigenvalue weighted by atomic mass is 16.4. The molecule has 7 heteroatoms. The number of oxazole rings is 2. The molecule has 0 spiro atoms. The van der Waals surface area contributed by atoms with Gasteiger partial charge in [-0.1, -0.05) is 12.1 Å². The molecule has 142 valence electrons. The summed E-state index contributed by atoms with van der Waals surface area (Å²) in [6, 6.07) is 13.9. The molecule has 5 rings (SSSR count). The van der Waals surface area contributed by atoms with Gasteiger partial charge in [0.2, 0.25) is 5.91 Å². The van der Waals surface area contributed by atoms with Crippen LogP contribution in [0.15, 0.2) is 51.3 Å². The summed E-state index contributed by atoms with van der Waals surface area (Å²) in [5, 5.41) is 3.01. The molecule has 3 heterocycles. The Hall–Kier alpha value is -3.35. The van der Waals surface area contributed by atoms with Crippen LogP contribution in [0, 0.1) is 12.8 Å². The third-order valence-corrected chi connectivity index (χ3v) is 5.18. The van der Waals surface area contributed by atoms with Crippen molar-refractivity contribution in [3.8, 4) is 0 Å². The van der Waals surface area contributed by atoms with Gasteiger partial charge >= 0.3 is 0 Å². The fourth-order valence-electron chi connectivity index (χ4n) is 3.69. The maximum Gasteiger partial charge on any atom is 0.298 e. The van der Waals surface area contributed by atoms with Gasteiger partial charge in [0, 0.05) is 31.6 Å². The van der Waals surface area contributed by atoms with Crippen LogP contribution in [0.5, 0.6) is 0 Å². The lowest BCUT2D eigenvalue weighted by atomic mass is 9.96. The Labute approximate surface area is 161 Å². The van der Waals surface area contributed by atoms with E-state index in [1.807, 2.05) is 49.4 Å². The van der Waals surface area contributed by atoms with Crippen LogP contribution in [-0.2, 0) is 4.79 Å². The van der Waals surface area contributed by atoms with Crippen LogP contribution < -0.4 is 10.2 Å². The molecule has 0 aliphatic carbocycles. The number of hydrogen-bond acceptors (Lipinski definition) is 6. The third-order valence-electron chi connectivity index (χ3n) is 5.18. The van der Waals surface area contributed by atoms with E-state index in [-0.39, 0.29) is 11.8 Å². The number of hydrogen-bond donors (Lipinski definition) is 1. The average molecular weight is 376 g/mol. The number of fused-ring (bicyclic) bond motifs is 2. The van der Waals surface area contributed by atoms with Gasteiger partial charge in [0.05, 0.1) is 0 Å². The zero-order chi connectivity index (χ0) is 19.1. The van der Waals surface area contributed by atoms with Crippen LogP contribution >= 0.6 is 0 Å². The lowest BCUT2D eigenvalue weighted by Crippen LogP contribution is -2.38. The number of carbonyl (C=O) groups is 1. The smallest absolute Gasteiger partial charge is 0.298 e. The molecule has 2 aromatic heterocycles. The van der Waals surface area contributed by atoms with E-state index in [1.54, 1.807) is 0 Å². The minimum atomic E-state index is -0.0321. The minimum Gasteiger partial charge on any atom is -0.441 e. The van der Waals surface area contributed by atoms with Gasteiger partial charge in [-0.2, -0.15) is 4.98 Å². The zero-order valence-electron chi connectivity index (χ0n) is 15.5. The van der Waals surface area contributed by atoms with Crippen molar-refractivity contribution in [3.63, 3.8) is 0 Å². The number of benzene rings is 2. The molecule has 1 N–H and O–H groups in total. The summed E-state index contributed by atoms with van der Waals surface area (Å²) in [5.74, 6) is 0.622. The molecule has 2 aromatic carbocycles. The number of anilines is 2. The number of amides is 1. The molecule has 7 nitrogen and oxygen atoms in total. The van der Waals surface area contributed by atoms with Crippen molar-refractivity contribution in [2.24, 2.45) is 5.92 Å². The van der Waals surface area contributed by atoms with Crippen LogP contribution in [0.3, 0.4) is 0 Å². The normalized spacial score (nSPS) is 15.4. The Balaban J connectivity index is 1.23. The Morgan fingerprint density at radius 2 is 1.82 bits per heavy atom. The summed E-state index contributed by atoms with van der Waals surface area (Å²) >= 11 is 0. The van der Waals surface area contributed by atoms with Gasteiger partial charge < -0.3 is 19.1 Å². The molecule has 1 amide bonds. The van der Waals surface area contributed by atoms with Crippen molar-refractivity contribution in [2.45, 2.75) is 19.8 Å². The fourth-order valence-corrected chi connectivity index (χ4v) is 3.69. The largest absolute Gasteiger partial charge is 0.441 e. The SMILES string of the molecule is Cc1nc2cc(NC(=O)C3CCN(c4nc5ccccc5o4)CC3)ccc2o1.